The molecule has 20 heavy (non-hydrogen) atoms. The Balaban J connectivity index is 1.55. The van der Waals surface area contributed by atoms with Crippen LogP contribution in [0.4, 0.5) is 0 Å². The van der Waals surface area contributed by atoms with Crippen LogP contribution in [0.3, 0.4) is 0 Å². The SMILES string of the molecule is OC1CCc2c(OCCCc3ccccc3)cccc21. The molecule has 2 aromatic rings. The van der Waals surface area contributed by atoms with Crippen LogP contribution >= 0.6 is 0 Å². The molecule has 0 spiro atoms. The number of hydrogen-bond acceptors (Lipinski definition) is 2. The molecule has 1 unspecified atom stereocenters. The fraction of sp³-hybridized carbons (Fsp3) is 0.333. The number of rotatable bonds is 5. The molecule has 0 heterocycles. The third kappa shape index (κ3) is 2.86. The average molecular weight is 268 g/mol. The Labute approximate surface area is 120 Å². The lowest BCUT2D eigenvalue weighted by Crippen LogP contribution is -2.02. The van der Waals surface area contributed by atoms with Gasteiger partial charge in [-0.15, -0.1) is 0 Å². The number of aliphatic hydroxyl groups excluding tert-OH is 1. The standard InChI is InChI=1S/C18H20O2/c19-17-12-11-16-15(17)9-4-10-18(16)20-13-5-8-14-6-2-1-3-7-14/h1-4,6-7,9-10,17,19H,5,8,11-13H2. The Morgan fingerprint density at radius 3 is 2.75 bits per heavy atom. The number of aryl methyl sites for hydroxylation is 1. The van der Waals surface area contributed by atoms with Crippen LogP contribution in [-0.4, -0.2) is 11.7 Å². The molecule has 1 N–H and O–H groups in total. The Hall–Kier alpha value is -1.80. The van der Waals surface area contributed by atoms with Gasteiger partial charge >= 0.3 is 0 Å². The molecule has 3 rings (SSSR count). The lowest BCUT2D eigenvalue weighted by atomic mass is 10.1. The van der Waals surface area contributed by atoms with E-state index in [1.165, 1.54) is 11.1 Å². The zero-order valence-corrected chi connectivity index (χ0v) is 11.6. The van der Waals surface area contributed by atoms with Gasteiger partial charge < -0.3 is 9.84 Å². The lowest BCUT2D eigenvalue weighted by molar-refractivity contribution is 0.180. The van der Waals surface area contributed by atoms with Crippen LogP contribution in [0.25, 0.3) is 0 Å². The summed E-state index contributed by atoms with van der Waals surface area (Å²) in [5.41, 5.74) is 3.59. The molecule has 0 radical (unpaired) electrons. The molecule has 0 fully saturated rings. The van der Waals surface area contributed by atoms with Gasteiger partial charge in [-0.25, -0.2) is 0 Å². The topological polar surface area (TPSA) is 29.5 Å². The number of ether oxygens (including phenoxy) is 1. The molecule has 0 aliphatic heterocycles. The van der Waals surface area contributed by atoms with E-state index < -0.39 is 0 Å². The van der Waals surface area contributed by atoms with Crippen LogP contribution in [0.5, 0.6) is 5.75 Å². The van der Waals surface area contributed by atoms with Gasteiger partial charge in [-0.05, 0) is 42.9 Å². The maximum atomic E-state index is 9.87. The second-order valence-corrected chi connectivity index (χ2v) is 5.32. The summed E-state index contributed by atoms with van der Waals surface area (Å²) in [6.07, 6.45) is 3.48. The fourth-order valence-electron chi connectivity index (χ4n) is 2.84. The third-order valence-corrected chi connectivity index (χ3v) is 3.91. The van der Waals surface area contributed by atoms with E-state index in [0.717, 1.165) is 43.6 Å². The highest BCUT2D eigenvalue weighted by Gasteiger charge is 2.22. The average Bonchev–Trinajstić information content (AvgIpc) is 2.87. The Morgan fingerprint density at radius 1 is 1.05 bits per heavy atom. The first-order valence-corrected chi connectivity index (χ1v) is 7.31. The normalized spacial score (nSPS) is 16.9. The van der Waals surface area contributed by atoms with Gasteiger partial charge in [-0.2, -0.15) is 0 Å². The molecular weight excluding hydrogens is 248 g/mol. The van der Waals surface area contributed by atoms with Crippen molar-refractivity contribution in [1.82, 2.24) is 0 Å². The van der Waals surface area contributed by atoms with Crippen molar-refractivity contribution in [3.8, 4) is 5.75 Å². The van der Waals surface area contributed by atoms with Crippen LogP contribution in [0.1, 0.15) is 35.6 Å². The van der Waals surface area contributed by atoms with E-state index in [1.54, 1.807) is 0 Å². The van der Waals surface area contributed by atoms with E-state index in [-0.39, 0.29) is 6.10 Å². The van der Waals surface area contributed by atoms with Crippen molar-refractivity contribution in [2.24, 2.45) is 0 Å². The first-order valence-electron chi connectivity index (χ1n) is 7.31. The largest absolute Gasteiger partial charge is 0.493 e. The molecular formula is C18H20O2. The van der Waals surface area contributed by atoms with Gasteiger partial charge in [0.05, 0.1) is 12.7 Å². The number of fused-ring (bicyclic) bond motifs is 1. The summed E-state index contributed by atoms with van der Waals surface area (Å²) in [5, 5.41) is 9.87. The van der Waals surface area contributed by atoms with Gasteiger partial charge in [-0.1, -0.05) is 42.5 Å². The van der Waals surface area contributed by atoms with Crippen LogP contribution in [0.15, 0.2) is 48.5 Å². The molecule has 2 heteroatoms. The zero-order chi connectivity index (χ0) is 13.8. The first-order chi connectivity index (χ1) is 9.84. The van der Waals surface area contributed by atoms with E-state index in [1.807, 2.05) is 24.3 Å². The Kier molecular flexibility index (Phi) is 4.03. The first kappa shape index (κ1) is 13.2. The van der Waals surface area contributed by atoms with Gasteiger partial charge in [0.25, 0.3) is 0 Å². The zero-order valence-electron chi connectivity index (χ0n) is 11.6. The van der Waals surface area contributed by atoms with E-state index in [0.29, 0.717) is 0 Å². The summed E-state index contributed by atoms with van der Waals surface area (Å²) in [4.78, 5) is 0. The minimum absolute atomic E-state index is 0.308. The van der Waals surface area contributed by atoms with E-state index in [4.69, 9.17) is 4.74 Å². The molecule has 0 bridgehead atoms. The summed E-state index contributed by atoms with van der Waals surface area (Å²) >= 11 is 0. The van der Waals surface area contributed by atoms with Crippen LogP contribution in [0.2, 0.25) is 0 Å². The molecule has 1 aliphatic carbocycles. The predicted molar refractivity (Wildman–Crippen MR) is 80.0 cm³/mol. The molecule has 0 aromatic heterocycles. The molecule has 0 amide bonds. The van der Waals surface area contributed by atoms with Crippen molar-refractivity contribution >= 4 is 0 Å². The highest BCUT2D eigenvalue weighted by molar-refractivity contribution is 5.44. The van der Waals surface area contributed by atoms with Crippen molar-refractivity contribution in [2.45, 2.75) is 31.8 Å². The second-order valence-electron chi connectivity index (χ2n) is 5.32. The summed E-state index contributed by atoms with van der Waals surface area (Å²) in [5.74, 6) is 0.951. The maximum absolute atomic E-state index is 9.87. The molecule has 0 saturated carbocycles. The lowest BCUT2D eigenvalue weighted by Gasteiger charge is -2.11. The monoisotopic (exact) mass is 268 g/mol. The molecule has 1 atom stereocenters. The minimum Gasteiger partial charge on any atom is -0.493 e. The summed E-state index contributed by atoms with van der Waals surface area (Å²) in [6, 6.07) is 16.5. The highest BCUT2D eigenvalue weighted by Crippen LogP contribution is 2.36. The van der Waals surface area contributed by atoms with Gasteiger partial charge in [0.1, 0.15) is 5.75 Å². The smallest absolute Gasteiger partial charge is 0.122 e. The molecule has 1 aliphatic rings. The second kappa shape index (κ2) is 6.10. The van der Waals surface area contributed by atoms with Crippen LogP contribution in [-0.2, 0) is 12.8 Å². The third-order valence-electron chi connectivity index (χ3n) is 3.91. The van der Waals surface area contributed by atoms with Crippen molar-refractivity contribution < 1.29 is 9.84 Å². The minimum atomic E-state index is -0.308. The van der Waals surface area contributed by atoms with Crippen molar-refractivity contribution in [3.63, 3.8) is 0 Å². The fourth-order valence-corrected chi connectivity index (χ4v) is 2.84. The van der Waals surface area contributed by atoms with Crippen molar-refractivity contribution in [2.75, 3.05) is 6.61 Å². The van der Waals surface area contributed by atoms with Gasteiger partial charge in [-0.3, -0.25) is 0 Å². The number of aliphatic hydroxyl groups is 1. The Bertz CT molecular complexity index is 563. The van der Waals surface area contributed by atoms with E-state index in [2.05, 4.69) is 24.3 Å². The van der Waals surface area contributed by atoms with Crippen molar-refractivity contribution in [1.29, 1.82) is 0 Å². The van der Waals surface area contributed by atoms with E-state index >= 15 is 0 Å². The predicted octanol–water partition coefficient (Wildman–Crippen LogP) is 3.68. The molecule has 0 saturated heterocycles. The molecule has 2 aromatic carbocycles. The summed E-state index contributed by atoms with van der Waals surface area (Å²) in [6.45, 7) is 0.724. The molecule has 104 valence electrons. The van der Waals surface area contributed by atoms with Gasteiger partial charge in [0.2, 0.25) is 0 Å². The van der Waals surface area contributed by atoms with E-state index in [9.17, 15) is 5.11 Å². The van der Waals surface area contributed by atoms with Crippen molar-refractivity contribution in [3.05, 3.63) is 65.2 Å². The van der Waals surface area contributed by atoms with Crippen LogP contribution < -0.4 is 4.74 Å². The quantitative estimate of drug-likeness (QED) is 0.838. The van der Waals surface area contributed by atoms with Gasteiger partial charge in [0.15, 0.2) is 0 Å². The maximum Gasteiger partial charge on any atom is 0.122 e. The highest BCUT2D eigenvalue weighted by atomic mass is 16.5. The Morgan fingerprint density at radius 2 is 1.90 bits per heavy atom. The summed E-state index contributed by atoms with van der Waals surface area (Å²) in [7, 11) is 0. The number of hydrogen-bond donors (Lipinski definition) is 1. The summed E-state index contributed by atoms with van der Waals surface area (Å²) < 4.78 is 5.91. The van der Waals surface area contributed by atoms with Crippen LogP contribution in [0, 0.1) is 0 Å². The molecule has 2 nitrogen and oxygen atoms in total. The number of benzene rings is 2. The van der Waals surface area contributed by atoms with Gasteiger partial charge in [0, 0.05) is 5.56 Å².